The van der Waals surface area contributed by atoms with Crippen molar-refractivity contribution in [2.45, 2.75) is 5.75 Å². The molecule has 2 aromatic rings. The number of aromatic nitrogens is 1. The molecular weight excluding hydrogens is 286 g/mol. The predicted octanol–water partition coefficient (Wildman–Crippen LogP) is 4.06. The van der Waals surface area contributed by atoms with E-state index in [0.29, 0.717) is 5.75 Å². The Morgan fingerprint density at radius 1 is 1.38 bits per heavy atom. The van der Waals surface area contributed by atoms with Crippen molar-refractivity contribution in [1.82, 2.24) is 4.98 Å². The molecule has 0 N–H and O–H groups in total. The van der Waals surface area contributed by atoms with Gasteiger partial charge in [0.25, 0.3) is 0 Å². The quantitative estimate of drug-likeness (QED) is 0.823. The topological polar surface area (TPSA) is 12.9 Å². The Hall–Kier alpha value is 0.160. The smallest absolute Gasteiger partial charge is 0.133 e. The predicted molar refractivity (Wildman–Crippen MR) is 65.8 cm³/mol. The van der Waals surface area contributed by atoms with Crippen molar-refractivity contribution in [3.05, 3.63) is 27.0 Å². The molecule has 0 aromatic carbocycles. The first-order chi connectivity index (χ1) is 6.29. The fraction of sp³-hybridized carbons (Fsp3) is 0.125. The highest BCUT2D eigenvalue weighted by atomic mass is 79.9. The lowest BCUT2D eigenvalue weighted by Gasteiger charge is -1.86. The van der Waals surface area contributed by atoms with Crippen molar-refractivity contribution in [3.63, 3.8) is 0 Å². The molecule has 0 aliphatic carbocycles. The van der Waals surface area contributed by atoms with Crippen molar-refractivity contribution in [1.29, 1.82) is 0 Å². The maximum atomic E-state index is 4.44. The number of thiophene rings is 1. The molecule has 0 aliphatic rings. The van der Waals surface area contributed by atoms with E-state index in [-0.39, 0.29) is 0 Å². The van der Waals surface area contributed by atoms with Crippen LogP contribution in [0.3, 0.4) is 0 Å². The third-order valence-corrected chi connectivity index (χ3v) is 4.57. The number of thiazole rings is 1. The third-order valence-electron chi connectivity index (χ3n) is 1.49. The van der Waals surface area contributed by atoms with Crippen molar-refractivity contribution in [2.75, 3.05) is 0 Å². The number of hydrogen-bond acceptors (Lipinski definition) is 4. The van der Waals surface area contributed by atoms with Crippen LogP contribution in [0.5, 0.6) is 0 Å². The van der Waals surface area contributed by atoms with Crippen molar-refractivity contribution < 1.29 is 0 Å². The van der Waals surface area contributed by atoms with Crippen LogP contribution >= 0.6 is 51.2 Å². The van der Waals surface area contributed by atoms with Crippen molar-refractivity contribution in [2.24, 2.45) is 0 Å². The average molecular weight is 292 g/mol. The van der Waals surface area contributed by atoms with E-state index < -0.39 is 0 Å². The van der Waals surface area contributed by atoms with Gasteiger partial charge in [0, 0.05) is 21.0 Å². The lowest BCUT2D eigenvalue weighted by atomic mass is 10.5. The van der Waals surface area contributed by atoms with Crippen LogP contribution < -0.4 is 0 Å². The Bertz CT molecular complexity index is 407. The van der Waals surface area contributed by atoms with Crippen LogP contribution in [0, 0.1) is 0 Å². The minimum atomic E-state index is 0.711. The zero-order valence-electron chi connectivity index (χ0n) is 6.53. The highest BCUT2D eigenvalue weighted by Gasteiger charge is 2.05. The molecule has 0 atom stereocenters. The standard InChI is InChI=1S/C8H6BrNS3/c9-5-1-7(12-3-5)8-10-6(2-11)4-13-8/h1,3-4,11H,2H2. The lowest BCUT2D eigenvalue weighted by molar-refractivity contribution is 1.25. The first-order valence-electron chi connectivity index (χ1n) is 3.59. The van der Waals surface area contributed by atoms with Crippen LogP contribution in [0.15, 0.2) is 21.3 Å². The SMILES string of the molecule is SCc1csc(-c2cc(Br)cs2)n1. The van der Waals surface area contributed by atoms with Crippen molar-refractivity contribution >= 4 is 51.2 Å². The van der Waals surface area contributed by atoms with E-state index in [4.69, 9.17) is 0 Å². The summed E-state index contributed by atoms with van der Waals surface area (Å²) in [5.74, 6) is 0.711. The van der Waals surface area contributed by atoms with Crippen LogP contribution in [0.2, 0.25) is 0 Å². The molecule has 2 rings (SSSR count). The van der Waals surface area contributed by atoms with Gasteiger partial charge in [0.1, 0.15) is 5.01 Å². The maximum Gasteiger partial charge on any atom is 0.133 e. The van der Waals surface area contributed by atoms with Gasteiger partial charge in [-0.05, 0) is 22.0 Å². The summed E-state index contributed by atoms with van der Waals surface area (Å²) in [6, 6.07) is 2.09. The van der Waals surface area contributed by atoms with E-state index in [0.717, 1.165) is 15.2 Å². The van der Waals surface area contributed by atoms with Crippen LogP contribution in [0.1, 0.15) is 5.69 Å². The molecular formula is C8H6BrNS3. The van der Waals surface area contributed by atoms with Gasteiger partial charge < -0.3 is 0 Å². The van der Waals surface area contributed by atoms with Gasteiger partial charge in [-0.15, -0.1) is 22.7 Å². The van der Waals surface area contributed by atoms with Gasteiger partial charge in [0.2, 0.25) is 0 Å². The molecule has 2 heterocycles. The van der Waals surface area contributed by atoms with Crippen LogP contribution in [0.4, 0.5) is 0 Å². The summed E-state index contributed by atoms with van der Waals surface area (Å²) >= 11 is 11.0. The summed E-state index contributed by atoms with van der Waals surface area (Å²) < 4.78 is 1.12. The molecule has 0 amide bonds. The molecule has 1 nitrogen and oxygen atoms in total. The second-order valence-electron chi connectivity index (χ2n) is 2.43. The molecule has 0 fully saturated rings. The minimum absolute atomic E-state index is 0.711. The molecule has 0 radical (unpaired) electrons. The summed E-state index contributed by atoms with van der Waals surface area (Å²) in [5, 5.41) is 5.20. The van der Waals surface area contributed by atoms with Gasteiger partial charge in [0.15, 0.2) is 0 Å². The molecule has 5 heteroatoms. The van der Waals surface area contributed by atoms with E-state index in [1.165, 1.54) is 4.88 Å². The van der Waals surface area contributed by atoms with E-state index in [1.807, 2.05) is 0 Å². The molecule has 0 saturated carbocycles. The maximum absolute atomic E-state index is 4.44. The van der Waals surface area contributed by atoms with Gasteiger partial charge in [0.05, 0.1) is 10.6 Å². The molecule has 0 saturated heterocycles. The Morgan fingerprint density at radius 3 is 2.77 bits per heavy atom. The summed E-state index contributed by atoms with van der Waals surface area (Å²) in [6.07, 6.45) is 0. The molecule has 0 unspecified atom stereocenters. The Morgan fingerprint density at radius 2 is 2.23 bits per heavy atom. The largest absolute Gasteiger partial charge is 0.239 e. The van der Waals surface area contributed by atoms with Gasteiger partial charge in [-0.25, -0.2) is 4.98 Å². The number of thiol groups is 1. The van der Waals surface area contributed by atoms with E-state index >= 15 is 0 Å². The van der Waals surface area contributed by atoms with E-state index in [2.05, 4.69) is 50.4 Å². The molecule has 13 heavy (non-hydrogen) atoms. The Balaban J connectivity index is 2.35. The molecule has 2 aromatic heterocycles. The zero-order valence-corrected chi connectivity index (χ0v) is 10.6. The summed E-state index contributed by atoms with van der Waals surface area (Å²) in [4.78, 5) is 5.66. The fourth-order valence-corrected chi connectivity index (χ4v) is 3.53. The molecule has 0 aliphatic heterocycles. The van der Waals surface area contributed by atoms with Crippen molar-refractivity contribution in [3.8, 4) is 9.88 Å². The Kier molecular flexibility index (Phi) is 3.08. The first-order valence-corrected chi connectivity index (χ1v) is 6.78. The monoisotopic (exact) mass is 291 g/mol. The molecule has 0 bridgehead atoms. The summed E-state index contributed by atoms with van der Waals surface area (Å²) in [6.45, 7) is 0. The fourth-order valence-electron chi connectivity index (χ4n) is 0.918. The lowest BCUT2D eigenvalue weighted by Crippen LogP contribution is -1.75. The minimum Gasteiger partial charge on any atom is -0.239 e. The molecule has 68 valence electrons. The van der Waals surface area contributed by atoms with Crippen LogP contribution in [-0.4, -0.2) is 4.98 Å². The number of nitrogens with zero attached hydrogens (tertiary/aromatic N) is 1. The summed E-state index contributed by atoms with van der Waals surface area (Å²) in [7, 11) is 0. The van der Waals surface area contributed by atoms with Gasteiger partial charge in [-0.2, -0.15) is 12.6 Å². The van der Waals surface area contributed by atoms with Crippen LogP contribution in [0.25, 0.3) is 9.88 Å². The van der Waals surface area contributed by atoms with Gasteiger partial charge in [-0.3, -0.25) is 0 Å². The summed E-state index contributed by atoms with van der Waals surface area (Å²) in [5.41, 5.74) is 1.05. The zero-order chi connectivity index (χ0) is 9.26. The Labute approximate surface area is 98.4 Å². The second-order valence-corrected chi connectivity index (χ2v) is 5.43. The number of halogens is 1. The average Bonchev–Trinajstić information content (AvgIpc) is 2.71. The second kappa shape index (κ2) is 4.13. The van der Waals surface area contributed by atoms with E-state index in [9.17, 15) is 0 Å². The number of hydrogen-bond donors (Lipinski definition) is 1. The normalized spacial score (nSPS) is 10.6. The first kappa shape index (κ1) is 9.71. The molecule has 0 spiro atoms. The van der Waals surface area contributed by atoms with E-state index in [1.54, 1.807) is 22.7 Å². The van der Waals surface area contributed by atoms with Crippen LogP contribution in [-0.2, 0) is 5.75 Å². The van der Waals surface area contributed by atoms with Gasteiger partial charge >= 0.3 is 0 Å². The number of rotatable bonds is 2. The van der Waals surface area contributed by atoms with Gasteiger partial charge in [-0.1, -0.05) is 0 Å². The highest BCUT2D eigenvalue weighted by molar-refractivity contribution is 9.10. The third kappa shape index (κ3) is 2.15. The highest BCUT2D eigenvalue weighted by Crippen LogP contribution is 2.32.